The largest absolute Gasteiger partial charge is 0.439 e. The van der Waals surface area contributed by atoms with Crippen molar-refractivity contribution >= 4 is 22.9 Å². The fraction of sp³-hybridized carbons (Fsp3) is 0. The second kappa shape index (κ2) is 13.2. The molecule has 3 heteroatoms. The Morgan fingerprint density at radius 1 is 0.396 bits per heavy atom. The molecule has 0 saturated heterocycles. The maximum atomic E-state index is 8.83. The van der Waals surface area contributed by atoms with Crippen molar-refractivity contribution in [1.29, 1.82) is 10.8 Å². The van der Waals surface area contributed by atoms with Gasteiger partial charge in [0, 0.05) is 17.5 Å². The molecule has 0 atom stereocenters. The summed E-state index contributed by atoms with van der Waals surface area (Å²) in [4.78, 5) is 0. The zero-order chi connectivity index (χ0) is 33.0. The van der Waals surface area contributed by atoms with Crippen molar-refractivity contribution in [3.8, 4) is 33.4 Å². The highest BCUT2D eigenvalue weighted by atomic mass is 16.5. The molecule has 1 aliphatic carbocycles. The van der Waals surface area contributed by atoms with Gasteiger partial charge in [0.15, 0.2) is 0 Å². The monoisotopic (exact) mass is 617 g/mol. The normalized spacial score (nSPS) is 11.9. The fourth-order valence-corrected chi connectivity index (χ4v) is 5.73. The third-order valence-corrected chi connectivity index (χ3v) is 8.62. The molecule has 0 heterocycles. The van der Waals surface area contributed by atoms with Crippen molar-refractivity contribution < 1.29 is 4.74 Å². The van der Waals surface area contributed by atoms with Gasteiger partial charge in [-0.25, -0.2) is 0 Å². The van der Waals surface area contributed by atoms with Gasteiger partial charge in [0.05, 0.1) is 5.71 Å². The summed E-state index contributed by atoms with van der Waals surface area (Å²) < 4.78 is 5.81. The average Bonchev–Trinajstić information content (AvgIpc) is 3.96. The van der Waals surface area contributed by atoms with Crippen LogP contribution in [0.15, 0.2) is 182 Å². The zero-order valence-corrected chi connectivity index (χ0v) is 26.4. The maximum Gasteiger partial charge on any atom is 0.219 e. The second-order valence-electron chi connectivity index (χ2n) is 11.7. The highest BCUT2D eigenvalue weighted by Gasteiger charge is 2.29. The molecule has 0 aliphatic heterocycles. The van der Waals surface area contributed by atoms with Gasteiger partial charge in [0.2, 0.25) is 5.90 Å². The molecule has 1 radical (unpaired) electrons. The Labute approximate surface area is 281 Å². The minimum Gasteiger partial charge on any atom is -0.439 e. The van der Waals surface area contributed by atoms with E-state index >= 15 is 0 Å². The standard InChI is InChI=1S/C45H33N2O/c1-30(32-13-17-36(18-14-32)34-9-5-3-6-10-34)42-29-43(42)44(46)40-25-21-39(22-26-40)38-19-15-33(16-20-38)31(2)48-45(47)41-27-23-37(24-28-41)35-11-7-4-8-12-35/h3-29,46-47H,1-2H2. The molecule has 3 nitrogen and oxygen atoms in total. The van der Waals surface area contributed by atoms with E-state index in [1.54, 1.807) is 0 Å². The summed E-state index contributed by atoms with van der Waals surface area (Å²) in [6.45, 7) is 8.39. The first-order valence-electron chi connectivity index (χ1n) is 15.8. The van der Waals surface area contributed by atoms with E-state index in [0.717, 1.165) is 55.7 Å². The van der Waals surface area contributed by atoms with Crippen LogP contribution < -0.4 is 0 Å². The van der Waals surface area contributed by atoms with Gasteiger partial charge in [-0.2, -0.15) is 0 Å². The predicted octanol–water partition coefficient (Wildman–Crippen LogP) is 11.3. The molecular weight excluding hydrogens is 585 g/mol. The van der Waals surface area contributed by atoms with Gasteiger partial charge in [0.25, 0.3) is 0 Å². The van der Waals surface area contributed by atoms with E-state index < -0.39 is 0 Å². The van der Waals surface area contributed by atoms with Crippen LogP contribution in [0.3, 0.4) is 0 Å². The zero-order valence-electron chi connectivity index (χ0n) is 26.4. The molecule has 0 saturated carbocycles. The lowest BCUT2D eigenvalue weighted by molar-refractivity contribution is 0.506. The molecule has 6 aromatic rings. The smallest absolute Gasteiger partial charge is 0.219 e. The van der Waals surface area contributed by atoms with Crippen molar-refractivity contribution in [3.05, 3.63) is 211 Å². The van der Waals surface area contributed by atoms with Gasteiger partial charge >= 0.3 is 0 Å². The Hall–Kier alpha value is -6.32. The number of ether oxygens (including phenoxy) is 1. The minimum atomic E-state index is 0.0532. The van der Waals surface area contributed by atoms with Gasteiger partial charge in [-0.1, -0.05) is 159 Å². The van der Waals surface area contributed by atoms with E-state index in [0.29, 0.717) is 17.0 Å². The molecule has 0 fully saturated rings. The Balaban J connectivity index is 0.960. The van der Waals surface area contributed by atoms with Gasteiger partial charge in [-0.15, -0.1) is 0 Å². The van der Waals surface area contributed by atoms with Gasteiger partial charge in [-0.3, -0.25) is 10.8 Å². The summed E-state index contributed by atoms with van der Waals surface area (Å²) in [6, 6.07) is 52.7. The van der Waals surface area contributed by atoms with Crippen LogP contribution in [0.4, 0.5) is 0 Å². The molecule has 0 aromatic heterocycles. The molecule has 0 amide bonds. The molecule has 48 heavy (non-hydrogen) atoms. The summed E-state index contributed by atoms with van der Waals surface area (Å²) in [6.07, 6.45) is 2.04. The first kappa shape index (κ1) is 30.3. The molecule has 1 aliphatic rings. The summed E-state index contributed by atoms with van der Waals surface area (Å²) in [7, 11) is 0. The summed E-state index contributed by atoms with van der Waals surface area (Å²) in [5.74, 6) is 0.471. The van der Waals surface area contributed by atoms with Crippen molar-refractivity contribution in [3.63, 3.8) is 0 Å². The Kier molecular flexibility index (Phi) is 8.34. The molecular formula is C45H33N2O. The second-order valence-corrected chi connectivity index (χ2v) is 11.7. The van der Waals surface area contributed by atoms with Crippen LogP contribution >= 0.6 is 0 Å². The summed E-state index contributed by atoms with van der Waals surface area (Å²) in [5, 5.41) is 17.3. The van der Waals surface area contributed by atoms with Crippen molar-refractivity contribution in [2.75, 3.05) is 0 Å². The van der Waals surface area contributed by atoms with Crippen LogP contribution in [-0.2, 0) is 4.74 Å². The first-order chi connectivity index (χ1) is 23.4. The van der Waals surface area contributed by atoms with Crippen molar-refractivity contribution in [2.24, 2.45) is 0 Å². The highest BCUT2D eigenvalue weighted by Crippen LogP contribution is 2.42. The van der Waals surface area contributed by atoms with E-state index in [9.17, 15) is 0 Å². The number of hydrogen-bond acceptors (Lipinski definition) is 3. The van der Waals surface area contributed by atoms with Gasteiger partial charge in [0.1, 0.15) is 5.76 Å². The van der Waals surface area contributed by atoms with E-state index in [2.05, 4.69) is 61.7 Å². The van der Waals surface area contributed by atoms with Gasteiger partial charge in [-0.05, 0) is 73.4 Å². The van der Waals surface area contributed by atoms with Crippen LogP contribution in [0.2, 0.25) is 0 Å². The van der Waals surface area contributed by atoms with Gasteiger partial charge < -0.3 is 4.74 Å². The number of rotatable bonds is 10. The van der Waals surface area contributed by atoms with E-state index in [-0.39, 0.29) is 5.90 Å². The maximum absolute atomic E-state index is 8.83. The Morgan fingerprint density at radius 2 is 0.771 bits per heavy atom. The minimum absolute atomic E-state index is 0.0532. The van der Waals surface area contributed by atoms with Crippen LogP contribution in [0.1, 0.15) is 22.3 Å². The van der Waals surface area contributed by atoms with Crippen molar-refractivity contribution in [2.45, 2.75) is 0 Å². The molecule has 229 valence electrons. The van der Waals surface area contributed by atoms with E-state index in [4.69, 9.17) is 15.6 Å². The van der Waals surface area contributed by atoms with E-state index in [1.807, 2.05) is 116 Å². The topological polar surface area (TPSA) is 56.9 Å². The Bertz CT molecular complexity index is 2170. The van der Waals surface area contributed by atoms with Crippen LogP contribution in [0, 0.1) is 17.2 Å². The predicted molar refractivity (Wildman–Crippen MR) is 200 cm³/mol. The lowest BCUT2D eigenvalue weighted by Crippen LogP contribution is -2.04. The molecule has 7 rings (SSSR count). The quantitative estimate of drug-likeness (QED) is 0.0897. The van der Waals surface area contributed by atoms with Crippen LogP contribution in [-0.4, -0.2) is 11.6 Å². The van der Waals surface area contributed by atoms with E-state index in [1.165, 1.54) is 11.1 Å². The number of benzene rings is 6. The third-order valence-electron chi connectivity index (χ3n) is 8.62. The molecule has 0 spiro atoms. The molecule has 0 unspecified atom stereocenters. The highest BCUT2D eigenvalue weighted by molar-refractivity contribution is 6.20. The lowest BCUT2D eigenvalue weighted by atomic mass is 9.99. The number of nitrogens with one attached hydrogen (secondary N) is 2. The third kappa shape index (κ3) is 6.48. The lowest BCUT2D eigenvalue weighted by Gasteiger charge is -2.11. The Morgan fingerprint density at radius 3 is 1.23 bits per heavy atom. The van der Waals surface area contributed by atoms with Crippen LogP contribution in [0.5, 0.6) is 0 Å². The van der Waals surface area contributed by atoms with Crippen LogP contribution in [0.25, 0.3) is 44.7 Å². The number of allylic oxidation sites excluding steroid dienone is 3. The first-order valence-corrected chi connectivity index (χ1v) is 15.8. The fourth-order valence-electron chi connectivity index (χ4n) is 5.73. The van der Waals surface area contributed by atoms with Crippen molar-refractivity contribution in [1.82, 2.24) is 0 Å². The molecule has 6 aromatic carbocycles. The number of hydrogen-bond donors (Lipinski definition) is 2. The molecule has 0 bridgehead atoms. The SMILES string of the molecule is C=C(OC(=N)c1ccc(-c2ccccc2)cc1)c1ccc(-c2ccc(C(=N)C3=C(C(=C)c4ccc(-c5ccccc5)cc4)[CH]3)cc2)cc1. The summed E-state index contributed by atoms with van der Waals surface area (Å²) >= 11 is 0. The average molecular weight is 618 g/mol. The summed E-state index contributed by atoms with van der Waals surface area (Å²) in [5.41, 5.74) is 13.5. The molecule has 2 N–H and O–H groups in total.